The van der Waals surface area contributed by atoms with Crippen LogP contribution in [0.25, 0.3) is 11.0 Å². The van der Waals surface area contributed by atoms with Crippen LogP contribution >= 0.6 is 11.8 Å². The maximum atomic E-state index is 12.7. The molecule has 26 heavy (non-hydrogen) atoms. The summed E-state index contributed by atoms with van der Waals surface area (Å²) in [6.45, 7) is 2.80. The van der Waals surface area contributed by atoms with Crippen molar-refractivity contribution < 1.29 is 17.9 Å². The highest BCUT2D eigenvalue weighted by atomic mass is 32.2. The molecule has 0 radical (unpaired) electrons. The number of methoxy groups -OCH3 is 1. The lowest BCUT2D eigenvalue weighted by Gasteiger charge is -2.27. The van der Waals surface area contributed by atoms with E-state index in [4.69, 9.17) is 4.74 Å². The third-order valence-electron chi connectivity index (χ3n) is 4.45. The molecule has 1 aliphatic heterocycles. The van der Waals surface area contributed by atoms with E-state index in [2.05, 4.69) is 9.97 Å². The Morgan fingerprint density at radius 1 is 1.46 bits per heavy atom. The number of hydrogen-bond donors (Lipinski definition) is 1. The SMILES string of the molecule is COCCN(C(=O)CSc1nc2ccc(C)cc2[nH]1)[C@H]1CCS(=O)(=O)C1. The normalized spacial score (nSPS) is 19.1. The number of fused-ring (bicyclic) bond motifs is 1. The predicted molar refractivity (Wildman–Crippen MR) is 102 cm³/mol. The standard InChI is InChI=1S/C17H23N3O4S2/c1-12-3-4-14-15(9-12)19-17(18-14)25-10-16(21)20(6-7-24-2)13-5-8-26(22,23)11-13/h3-4,9,13H,5-8,10-11H2,1-2H3,(H,18,19)/t13-/m0/s1. The molecule has 9 heteroatoms. The second-order valence-corrected chi connectivity index (χ2v) is 9.68. The lowest BCUT2D eigenvalue weighted by atomic mass is 10.2. The van der Waals surface area contributed by atoms with E-state index in [1.807, 2.05) is 25.1 Å². The Kier molecular flexibility index (Phi) is 5.89. The summed E-state index contributed by atoms with van der Waals surface area (Å²) in [6, 6.07) is 5.70. The monoisotopic (exact) mass is 397 g/mol. The number of rotatable bonds is 7. The molecule has 1 amide bonds. The minimum absolute atomic E-state index is 0.0387. The molecule has 2 aromatic rings. The largest absolute Gasteiger partial charge is 0.383 e. The molecule has 7 nitrogen and oxygen atoms in total. The molecular weight excluding hydrogens is 374 g/mol. The van der Waals surface area contributed by atoms with Crippen LogP contribution in [0.15, 0.2) is 23.4 Å². The number of carbonyl (C=O) groups is 1. The van der Waals surface area contributed by atoms with E-state index < -0.39 is 9.84 Å². The number of sulfone groups is 1. The van der Waals surface area contributed by atoms with Crippen molar-refractivity contribution in [3.63, 3.8) is 0 Å². The van der Waals surface area contributed by atoms with Gasteiger partial charge in [-0.15, -0.1) is 0 Å². The topological polar surface area (TPSA) is 92.4 Å². The van der Waals surface area contributed by atoms with E-state index in [0.29, 0.717) is 24.7 Å². The number of thioether (sulfide) groups is 1. The molecule has 1 aliphatic rings. The fraction of sp³-hybridized carbons (Fsp3) is 0.529. The number of aromatic nitrogens is 2. The van der Waals surface area contributed by atoms with Crippen molar-refractivity contribution in [2.45, 2.75) is 24.5 Å². The van der Waals surface area contributed by atoms with Crippen molar-refractivity contribution in [2.75, 3.05) is 37.5 Å². The number of aryl methyl sites for hydroxylation is 1. The zero-order valence-corrected chi connectivity index (χ0v) is 16.5. The number of hydrogen-bond acceptors (Lipinski definition) is 6. The quantitative estimate of drug-likeness (QED) is 0.714. The summed E-state index contributed by atoms with van der Waals surface area (Å²) in [5.41, 5.74) is 2.95. The summed E-state index contributed by atoms with van der Waals surface area (Å²) in [5.74, 6) is 0.298. The molecule has 0 aliphatic carbocycles. The highest BCUT2D eigenvalue weighted by Crippen LogP contribution is 2.23. The van der Waals surface area contributed by atoms with Crippen LogP contribution in [0.4, 0.5) is 0 Å². The molecule has 142 valence electrons. The molecule has 0 bridgehead atoms. The van der Waals surface area contributed by atoms with E-state index in [-0.39, 0.29) is 29.2 Å². The van der Waals surface area contributed by atoms with Crippen LogP contribution in [-0.2, 0) is 19.4 Å². The number of ether oxygens (including phenoxy) is 1. The Balaban J connectivity index is 1.66. The molecule has 0 spiro atoms. The predicted octanol–water partition coefficient (Wildman–Crippen LogP) is 1.63. The molecule has 0 saturated carbocycles. The van der Waals surface area contributed by atoms with Gasteiger partial charge in [-0.25, -0.2) is 13.4 Å². The first-order chi connectivity index (χ1) is 12.4. The van der Waals surface area contributed by atoms with Gasteiger partial charge in [-0.2, -0.15) is 0 Å². The molecule has 1 atom stereocenters. The molecule has 1 saturated heterocycles. The van der Waals surface area contributed by atoms with Gasteiger partial charge in [0.15, 0.2) is 15.0 Å². The maximum Gasteiger partial charge on any atom is 0.233 e. The van der Waals surface area contributed by atoms with Crippen molar-refractivity contribution >= 4 is 38.5 Å². The van der Waals surface area contributed by atoms with Crippen LogP contribution in [0.3, 0.4) is 0 Å². The van der Waals surface area contributed by atoms with Gasteiger partial charge in [0.05, 0.1) is 34.9 Å². The van der Waals surface area contributed by atoms with Crippen LogP contribution in [0.1, 0.15) is 12.0 Å². The Hall–Kier alpha value is -1.58. The fourth-order valence-electron chi connectivity index (χ4n) is 3.10. The molecule has 1 N–H and O–H groups in total. The Bertz CT molecular complexity index is 895. The average molecular weight is 398 g/mol. The van der Waals surface area contributed by atoms with Gasteiger partial charge in [0.25, 0.3) is 0 Å². The smallest absolute Gasteiger partial charge is 0.233 e. The number of amides is 1. The summed E-state index contributed by atoms with van der Waals surface area (Å²) < 4.78 is 28.6. The Morgan fingerprint density at radius 2 is 2.27 bits per heavy atom. The summed E-state index contributed by atoms with van der Waals surface area (Å²) in [6.07, 6.45) is 0.492. The minimum Gasteiger partial charge on any atom is -0.383 e. The number of H-pyrrole nitrogens is 1. The van der Waals surface area contributed by atoms with Gasteiger partial charge >= 0.3 is 0 Å². The van der Waals surface area contributed by atoms with Crippen molar-refractivity contribution in [1.82, 2.24) is 14.9 Å². The molecule has 3 rings (SSSR count). The molecule has 0 unspecified atom stereocenters. The maximum absolute atomic E-state index is 12.7. The van der Waals surface area contributed by atoms with Gasteiger partial charge in [-0.1, -0.05) is 17.8 Å². The molecule has 1 aromatic carbocycles. The van der Waals surface area contributed by atoms with Crippen molar-refractivity contribution in [3.05, 3.63) is 23.8 Å². The second-order valence-electron chi connectivity index (χ2n) is 6.49. The van der Waals surface area contributed by atoms with Gasteiger partial charge in [0.1, 0.15) is 0 Å². The second kappa shape index (κ2) is 7.98. The first-order valence-corrected chi connectivity index (χ1v) is 11.3. The minimum atomic E-state index is -3.05. The average Bonchev–Trinajstić information content (AvgIpc) is 3.15. The third kappa shape index (κ3) is 4.57. The number of nitrogens with zero attached hydrogens (tertiary/aromatic N) is 2. The Labute approximate surface area is 157 Å². The third-order valence-corrected chi connectivity index (χ3v) is 7.06. The van der Waals surface area contributed by atoms with Gasteiger partial charge in [-0.05, 0) is 31.0 Å². The van der Waals surface area contributed by atoms with Gasteiger partial charge < -0.3 is 14.6 Å². The first-order valence-electron chi connectivity index (χ1n) is 8.46. The summed E-state index contributed by atoms with van der Waals surface area (Å²) in [7, 11) is -1.48. The Morgan fingerprint density at radius 3 is 2.96 bits per heavy atom. The molecular formula is C17H23N3O4S2. The van der Waals surface area contributed by atoms with E-state index in [1.165, 1.54) is 11.8 Å². The molecule has 1 aromatic heterocycles. The van der Waals surface area contributed by atoms with E-state index >= 15 is 0 Å². The van der Waals surface area contributed by atoms with Gasteiger partial charge in [0, 0.05) is 19.7 Å². The number of nitrogens with one attached hydrogen (secondary N) is 1. The van der Waals surface area contributed by atoms with Crippen molar-refractivity contribution in [3.8, 4) is 0 Å². The lowest BCUT2D eigenvalue weighted by Crippen LogP contribution is -2.44. The summed E-state index contributed by atoms with van der Waals surface area (Å²) in [4.78, 5) is 22.1. The van der Waals surface area contributed by atoms with E-state index in [1.54, 1.807) is 12.0 Å². The van der Waals surface area contributed by atoms with Gasteiger partial charge in [-0.3, -0.25) is 4.79 Å². The fourth-order valence-corrected chi connectivity index (χ4v) is 5.60. The molecule has 2 heterocycles. The van der Waals surface area contributed by atoms with Crippen LogP contribution < -0.4 is 0 Å². The molecule has 1 fully saturated rings. The number of aromatic amines is 1. The highest BCUT2D eigenvalue weighted by Gasteiger charge is 2.34. The van der Waals surface area contributed by atoms with E-state index in [9.17, 15) is 13.2 Å². The van der Waals surface area contributed by atoms with Crippen molar-refractivity contribution in [1.29, 1.82) is 0 Å². The van der Waals surface area contributed by atoms with E-state index in [0.717, 1.165) is 16.6 Å². The van der Waals surface area contributed by atoms with Crippen LogP contribution in [0, 0.1) is 6.92 Å². The van der Waals surface area contributed by atoms with Crippen molar-refractivity contribution in [2.24, 2.45) is 0 Å². The highest BCUT2D eigenvalue weighted by molar-refractivity contribution is 7.99. The number of carbonyl (C=O) groups excluding carboxylic acids is 1. The van der Waals surface area contributed by atoms with Crippen LogP contribution in [-0.4, -0.2) is 72.8 Å². The zero-order valence-electron chi connectivity index (χ0n) is 14.9. The van der Waals surface area contributed by atoms with Crippen LogP contribution in [0.5, 0.6) is 0 Å². The number of imidazole rings is 1. The summed E-state index contributed by atoms with van der Waals surface area (Å²) in [5, 5.41) is 0.685. The first kappa shape index (κ1) is 19.2. The summed E-state index contributed by atoms with van der Waals surface area (Å²) >= 11 is 1.33. The number of benzene rings is 1. The van der Waals surface area contributed by atoms with Gasteiger partial charge in [0.2, 0.25) is 5.91 Å². The lowest BCUT2D eigenvalue weighted by molar-refractivity contribution is -0.130. The zero-order chi connectivity index (χ0) is 18.7. The van der Waals surface area contributed by atoms with Crippen LogP contribution in [0.2, 0.25) is 0 Å².